The molecule has 0 aromatic rings. The van der Waals surface area contributed by atoms with E-state index in [4.69, 9.17) is 9.84 Å². The van der Waals surface area contributed by atoms with Crippen LogP contribution in [0.1, 0.15) is 26.7 Å². The number of rotatable bonds is 40. The van der Waals surface area contributed by atoms with E-state index in [-0.39, 0.29) is 25.5 Å². The summed E-state index contributed by atoms with van der Waals surface area (Å²) in [5.74, 6) is -13.8. The van der Waals surface area contributed by atoms with Gasteiger partial charge in [0.2, 0.25) is 106 Å². The lowest BCUT2D eigenvalue weighted by molar-refractivity contribution is -0.149. The molecular weight excluding hydrogens is 1340 g/mol. The topological polar surface area (TPSA) is 429 Å². The molecule has 568 valence electrons. The molecule has 0 atom stereocenters. The maximum Gasteiger partial charge on any atom is 0.323 e. The van der Waals surface area contributed by atoms with Crippen LogP contribution in [0.2, 0.25) is 0 Å². The smallest absolute Gasteiger partial charge is 0.323 e. The molecule has 0 rings (SSSR count). The van der Waals surface area contributed by atoms with Gasteiger partial charge < -0.3 is 98.0 Å². The van der Waals surface area contributed by atoms with Crippen LogP contribution in [-0.4, -0.2) is 462 Å². The Labute approximate surface area is 587 Å². The van der Waals surface area contributed by atoms with Gasteiger partial charge in [0.05, 0.1) is 124 Å². The maximum atomic E-state index is 13.1. The second-order valence-corrected chi connectivity index (χ2v) is 24.9. The van der Waals surface area contributed by atoms with E-state index in [1.165, 1.54) is 127 Å². The lowest BCUT2D eigenvalue weighted by Crippen LogP contribution is -2.50. The Balaban J connectivity index is 5.02. The predicted molar refractivity (Wildman–Crippen MR) is 356 cm³/mol. The number of amides is 18. The highest BCUT2D eigenvalue weighted by atomic mass is 16.5. The van der Waals surface area contributed by atoms with Gasteiger partial charge in [-0.15, -0.1) is 0 Å². The van der Waals surface area contributed by atoms with Crippen LogP contribution in [0.5, 0.6) is 0 Å². The minimum Gasteiger partial charge on any atom is -0.480 e. The van der Waals surface area contributed by atoms with Crippen LogP contribution in [0, 0.1) is 0 Å². The third kappa shape index (κ3) is 33.7. The average Bonchev–Trinajstić information content (AvgIpc) is 0.900. The first-order valence-electron chi connectivity index (χ1n) is 31.2. The third-order valence-electron chi connectivity index (χ3n) is 15.3. The minimum atomic E-state index is -1.25. The first kappa shape index (κ1) is 90.4. The summed E-state index contributed by atoms with van der Waals surface area (Å²) < 4.78 is 5.00. The molecule has 40 heteroatoms. The summed E-state index contributed by atoms with van der Waals surface area (Å²) in [5, 5.41) is 8.88. The van der Waals surface area contributed by atoms with Crippen LogP contribution < -0.4 is 0 Å². The molecule has 0 aliphatic carbocycles. The maximum absolute atomic E-state index is 13.1. The van der Waals surface area contributed by atoms with Crippen molar-refractivity contribution < 1.29 is 106 Å². The SMILES string of the molecule is CC(C)OC(=O)CCC(=O)N(C)CC(=O)N(C)CC(=O)N(C)CC(=O)N(C)CC(=O)N(C)CC(=O)N(C)CC(=O)N(C)CC(=O)N(C)CC(=O)N(C)CC(=O)N(C)CC(=O)N(C)CC(=O)N(C)CC(=O)N(C)CC(=O)N(C)CC(=O)N(C)CC(=O)N(C)CC(=O)N(C)CC(=O)N(C)CC(=O)O. The number of carbonyl (C=O) groups excluding carboxylic acids is 19. The molecule has 0 aliphatic rings. The van der Waals surface area contributed by atoms with Gasteiger partial charge in [-0.1, -0.05) is 0 Å². The summed E-state index contributed by atoms with van der Waals surface area (Å²) in [6.45, 7) is -5.80. The van der Waals surface area contributed by atoms with Gasteiger partial charge in [0.1, 0.15) is 6.54 Å². The standard InChI is InChI=1S/C61H102N18O22/c1-41(2)101-61(100)22-21-42(80)62(3)23-43(81)63(4)24-44(82)64(5)25-45(83)65(6)26-46(84)66(7)27-47(85)67(8)28-48(86)68(9)29-49(87)69(10)30-50(88)70(11)31-51(89)71(12)32-52(90)72(13)33-53(91)73(14)34-54(92)74(15)35-55(93)75(16)36-56(94)76(17)37-57(95)77(18)38-58(96)78(19)39-59(97)79(20)40-60(98)99/h41H,21-40H2,1-20H3,(H,98,99). The molecule has 0 saturated heterocycles. The molecule has 0 aromatic heterocycles. The first-order valence-corrected chi connectivity index (χ1v) is 31.2. The molecular formula is C61H102N18O22. The van der Waals surface area contributed by atoms with Crippen LogP contribution in [-0.2, 0) is 101 Å². The number of aliphatic carboxylic acids is 1. The molecule has 101 heavy (non-hydrogen) atoms. The number of ether oxygens (including phenoxy) is 1. The molecule has 0 bridgehead atoms. The zero-order chi connectivity index (χ0) is 78.4. The van der Waals surface area contributed by atoms with Crippen molar-refractivity contribution in [1.82, 2.24) is 88.2 Å². The molecule has 0 saturated carbocycles. The number of carboxylic acid groups (broad SMARTS) is 1. The fourth-order valence-corrected chi connectivity index (χ4v) is 8.01. The van der Waals surface area contributed by atoms with E-state index in [0.717, 1.165) is 88.2 Å². The summed E-state index contributed by atoms with van der Waals surface area (Å²) in [5.41, 5.74) is 0. The first-order chi connectivity index (χ1) is 46.5. The van der Waals surface area contributed by atoms with Crippen LogP contribution in [0.25, 0.3) is 0 Å². The second-order valence-electron chi connectivity index (χ2n) is 24.9. The fourth-order valence-electron chi connectivity index (χ4n) is 8.01. The molecule has 0 aliphatic heterocycles. The molecule has 0 fully saturated rings. The van der Waals surface area contributed by atoms with Crippen molar-refractivity contribution in [3.63, 3.8) is 0 Å². The predicted octanol–water partition coefficient (Wildman–Crippen LogP) is -8.95. The van der Waals surface area contributed by atoms with E-state index in [1.54, 1.807) is 13.8 Å². The zero-order valence-corrected chi connectivity index (χ0v) is 61.8. The van der Waals surface area contributed by atoms with Crippen molar-refractivity contribution >= 4 is 118 Å². The van der Waals surface area contributed by atoms with Crippen LogP contribution >= 0.6 is 0 Å². The summed E-state index contributed by atoms with van der Waals surface area (Å²) in [6.07, 6.45) is -0.712. The number of esters is 1. The molecule has 0 radical (unpaired) electrons. The summed E-state index contributed by atoms with van der Waals surface area (Å²) in [4.78, 5) is 273. The quantitative estimate of drug-likeness (QED) is 0.0557. The van der Waals surface area contributed by atoms with Crippen molar-refractivity contribution in [3.8, 4) is 0 Å². The summed E-state index contributed by atoms with van der Waals surface area (Å²) in [6, 6.07) is 0. The van der Waals surface area contributed by atoms with E-state index in [2.05, 4.69) is 0 Å². The van der Waals surface area contributed by atoms with Crippen LogP contribution in [0.15, 0.2) is 0 Å². The number of hydrogen-bond acceptors (Lipinski definition) is 21. The molecule has 1 N–H and O–H groups in total. The van der Waals surface area contributed by atoms with Crippen molar-refractivity contribution in [3.05, 3.63) is 0 Å². The Hall–Kier alpha value is -10.6. The Bertz CT molecular complexity index is 3080. The van der Waals surface area contributed by atoms with Gasteiger partial charge in [-0.3, -0.25) is 95.9 Å². The Morgan fingerprint density at radius 2 is 0.307 bits per heavy atom. The summed E-state index contributed by atoms with van der Waals surface area (Å²) in [7, 11) is 23.2. The van der Waals surface area contributed by atoms with Gasteiger partial charge in [-0.05, 0) is 13.8 Å². The number of hydrogen-bond donors (Lipinski definition) is 1. The van der Waals surface area contributed by atoms with E-state index in [0.29, 0.717) is 0 Å². The second kappa shape index (κ2) is 43.0. The highest BCUT2D eigenvalue weighted by Gasteiger charge is 2.30. The van der Waals surface area contributed by atoms with Crippen molar-refractivity contribution in [2.24, 2.45) is 0 Å². The largest absolute Gasteiger partial charge is 0.480 e. The fraction of sp³-hybridized carbons (Fsp3) is 0.672. The Morgan fingerprint density at radius 3 is 0.416 bits per heavy atom. The summed E-state index contributed by atoms with van der Waals surface area (Å²) >= 11 is 0. The van der Waals surface area contributed by atoms with E-state index in [1.807, 2.05) is 0 Å². The molecule has 40 nitrogen and oxygen atoms in total. The average molecular weight is 1440 g/mol. The minimum absolute atomic E-state index is 0.174. The van der Waals surface area contributed by atoms with Gasteiger partial charge in [0, 0.05) is 133 Å². The van der Waals surface area contributed by atoms with Crippen LogP contribution in [0.3, 0.4) is 0 Å². The Morgan fingerprint density at radius 1 is 0.198 bits per heavy atom. The van der Waals surface area contributed by atoms with Gasteiger partial charge in [0.25, 0.3) is 0 Å². The molecule has 18 amide bonds. The molecule has 0 unspecified atom stereocenters. The van der Waals surface area contributed by atoms with Gasteiger partial charge >= 0.3 is 11.9 Å². The monoisotopic (exact) mass is 1440 g/mol. The number of carboxylic acids is 1. The van der Waals surface area contributed by atoms with E-state index in [9.17, 15) is 95.9 Å². The number of likely N-dealkylation sites (N-methyl/N-ethyl adjacent to an activating group) is 18. The lowest BCUT2D eigenvalue weighted by atomic mass is 10.2. The third-order valence-corrected chi connectivity index (χ3v) is 15.3. The molecule has 0 heterocycles. The van der Waals surface area contributed by atoms with Gasteiger partial charge in [-0.2, -0.15) is 0 Å². The number of carbonyl (C=O) groups is 20. The zero-order valence-electron chi connectivity index (χ0n) is 61.8. The Kier molecular flexibility index (Phi) is 38.5. The van der Waals surface area contributed by atoms with Gasteiger partial charge in [0.15, 0.2) is 0 Å². The highest BCUT2D eigenvalue weighted by molar-refractivity contribution is 5.97. The number of nitrogens with zero attached hydrogens (tertiary/aromatic N) is 18. The van der Waals surface area contributed by atoms with Crippen molar-refractivity contribution in [1.29, 1.82) is 0 Å². The molecule has 0 aromatic carbocycles. The van der Waals surface area contributed by atoms with E-state index < -0.39 is 230 Å². The lowest BCUT2D eigenvalue weighted by Gasteiger charge is -2.28. The molecule has 0 spiro atoms. The van der Waals surface area contributed by atoms with Gasteiger partial charge in [-0.25, -0.2) is 0 Å². The highest BCUT2D eigenvalue weighted by Crippen LogP contribution is 2.06. The normalized spacial score (nSPS) is 10.5. The van der Waals surface area contributed by atoms with E-state index >= 15 is 0 Å². The van der Waals surface area contributed by atoms with Crippen LogP contribution in [0.4, 0.5) is 0 Å². The van der Waals surface area contributed by atoms with Crippen molar-refractivity contribution in [2.45, 2.75) is 32.8 Å². The van der Waals surface area contributed by atoms with Crippen molar-refractivity contribution in [2.75, 3.05) is 245 Å².